The van der Waals surface area contributed by atoms with Crippen LogP contribution in [0.15, 0.2) is 24.3 Å². The van der Waals surface area contributed by atoms with Crippen LogP contribution in [0.25, 0.3) is 0 Å². The number of benzene rings is 1. The maximum Gasteiger partial charge on any atom is 0.269 e. The van der Waals surface area contributed by atoms with Crippen LogP contribution in [0.3, 0.4) is 0 Å². The van der Waals surface area contributed by atoms with Crippen molar-refractivity contribution in [2.24, 2.45) is 11.5 Å². The van der Waals surface area contributed by atoms with E-state index in [9.17, 15) is 24.5 Å². The van der Waals surface area contributed by atoms with E-state index in [1.165, 1.54) is 24.3 Å². The van der Waals surface area contributed by atoms with Crippen molar-refractivity contribution in [2.45, 2.75) is 12.5 Å². The second kappa shape index (κ2) is 8.44. The number of hydrogen-bond donors (Lipinski definition) is 4. The third kappa shape index (κ3) is 6.52. The summed E-state index contributed by atoms with van der Waals surface area (Å²) in [6.45, 7) is -0.649. The highest BCUT2D eigenvalue weighted by molar-refractivity contribution is 5.89. The lowest BCUT2D eigenvalue weighted by molar-refractivity contribution is -0.384. The Morgan fingerprint density at radius 3 is 2.26 bits per heavy atom. The van der Waals surface area contributed by atoms with Gasteiger partial charge in [0.1, 0.15) is 0 Å². The predicted octanol–water partition coefficient (Wildman–Crippen LogP) is -1.82. The van der Waals surface area contributed by atoms with E-state index in [1.807, 2.05) is 0 Å². The van der Waals surface area contributed by atoms with Crippen molar-refractivity contribution in [3.63, 3.8) is 0 Å². The first-order chi connectivity index (χ1) is 10.8. The fourth-order valence-electron chi connectivity index (χ4n) is 1.65. The molecule has 1 rings (SSSR count). The summed E-state index contributed by atoms with van der Waals surface area (Å²) in [7, 11) is 0. The van der Waals surface area contributed by atoms with Gasteiger partial charge in [-0.2, -0.15) is 0 Å². The molecule has 0 aromatic heterocycles. The van der Waals surface area contributed by atoms with Gasteiger partial charge in [0.25, 0.3) is 5.69 Å². The zero-order chi connectivity index (χ0) is 17.4. The SMILES string of the molecule is NC(=O)CNC(=O)CNC(=O)[C@@H](N)Cc1ccc([N+](=O)[O-])cc1. The van der Waals surface area contributed by atoms with Gasteiger partial charge in [0.2, 0.25) is 17.7 Å². The molecule has 0 aliphatic rings. The molecule has 0 unspecified atom stereocenters. The minimum Gasteiger partial charge on any atom is -0.368 e. The molecule has 0 spiro atoms. The van der Waals surface area contributed by atoms with E-state index in [0.717, 1.165) is 0 Å². The zero-order valence-corrected chi connectivity index (χ0v) is 12.2. The topological polar surface area (TPSA) is 170 Å². The van der Waals surface area contributed by atoms with Crippen molar-refractivity contribution in [3.05, 3.63) is 39.9 Å². The molecule has 0 aliphatic carbocycles. The van der Waals surface area contributed by atoms with Gasteiger partial charge in [0.05, 0.1) is 24.1 Å². The van der Waals surface area contributed by atoms with E-state index in [2.05, 4.69) is 10.6 Å². The summed E-state index contributed by atoms with van der Waals surface area (Å²) in [5, 5.41) is 15.1. The molecular weight excluding hydrogens is 306 g/mol. The number of non-ortho nitro benzene ring substituents is 1. The number of nitrogens with zero attached hydrogens (tertiary/aromatic N) is 1. The second-order valence-electron chi connectivity index (χ2n) is 4.70. The van der Waals surface area contributed by atoms with Crippen molar-refractivity contribution < 1.29 is 19.3 Å². The third-order valence-electron chi connectivity index (χ3n) is 2.82. The highest BCUT2D eigenvalue weighted by Gasteiger charge is 2.15. The van der Waals surface area contributed by atoms with Gasteiger partial charge >= 0.3 is 0 Å². The number of nitrogens with two attached hydrogens (primary N) is 2. The molecule has 0 saturated carbocycles. The van der Waals surface area contributed by atoms with Crippen LogP contribution in [0.5, 0.6) is 0 Å². The molecule has 0 fully saturated rings. The number of primary amides is 1. The van der Waals surface area contributed by atoms with Crippen LogP contribution in [0.4, 0.5) is 5.69 Å². The molecule has 6 N–H and O–H groups in total. The third-order valence-corrected chi connectivity index (χ3v) is 2.82. The van der Waals surface area contributed by atoms with Gasteiger partial charge in [-0.25, -0.2) is 0 Å². The summed E-state index contributed by atoms with van der Waals surface area (Å²) >= 11 is 0. The van der Waals surface area contributed by atoms with Gasteiger partial charge in [-0.05, 0) is 12.0 Å². The molecular formula is C13H17N5O5. The standard InChI is InChI=1S/C13H17N5O5/c14-10(5-8-1-3-9(4-2-8)18(22)23)13(21)17-7-12(20)16-6-11(15)19/h1-4,10H,5-7,14H2,(H2,15,19)(H,16,20)(H,17,21)/t10-/m0/s1. The molecule has 10 heteroatoms. The number of nitro benzene ring substituents is 1. The quantitative estimate of drug-likeness (QED) is 0.324. The Labute approximate surface area is 131 Å². The molecule has 3 amide bonds. The van der Waals surface area contributed by atoms with Crippen molar-refractivity contribution in [1.82, 2.24) is 10.6 Å². The lowest BCUT2D eigenvalue weighted by Gasteiger charge is -2.12. The summed E-state index contributed by atoms with van der Waals surface area (Å²) in [5.41, 5.74) is 11.2. The second-order valence-corrected chi connectivity index (χ2v) is 4.70. The fraction of sp³-hybridized carbons (Fsp3) is 0.308. The van der Waals surface area contributed by atoms with E-state index >= 15 is 0 Å². The molecule has 23 heavy (non-hydrogen) atoms. The lowest BCUT2D eigenvalue weighted by atomic mass is 10.1. The van der Waals surface area contributed by atoms with E-state index < -0.39 is 28.7 Å². The average molecular weight is 323 g/mol. The number of hydrogen-bond acceptors (Lipinski definition) is 6. The molecule has 0 saturated heterocycles. The van der Waals surface area contributed by atoms with E-state index in [-0.39, 0.29) is 25.2 Å². The summed E-state index contributed by atoms with van der Waals surface area (Å²) in [5.74, 6) is -1.82. The van der Waals surface area contributed by atoms with Gasteiger partial charge in [-0.15, -0.1) is 0 Å². The molecule has 0 radical (unpaired) electrons. The van der Waals surface area contributed by atoms with Crippen LogP contribution in [0.1, 0.15) is 5.56 Å². The Morgan fingerprint density at radius 2 is 1.74 bits per heavy atom. The molecule has 0 aliphatic heterocycles. The van der Waals surface area contributed by atoms with Crippen LogP contribution in [0, 0.1) is 10.1 Å². The summed E-state index contributed by atoms with van der Waals surface area (Å²) in [4.78, 5) is 43.5. The zero-order valence-electron chi connectivity index (χ0n) is 12.2. The van der Waals surface area contributed by atoms with Gasteiger partial charge in [0, 0.05) is 12.1 Å². The van der Waals surface area contributed by atoms with Crippen molar-refractivity contribution >= 4 is 23.4 Å². The fourth-order valence-corrected chi connectivity index (χ4v) is 1.65. The van der Waals surface area contributed by atoms with Gasteiger partial charge in [-0.1, -0.05) is 12.1 Å². The van der Waals surface area contributed by atoms with Crippen molar-refractivity contribution in [3.8, 4) is 0 Å². The summed E-state index contributed by atoms with van der Waals surface area (Å²) in [6.07, 6.45) is 0.159. The van der Waals surface area contributed by atoms with Gasteiger partial charge in [0.15, 0.2) is 0 Å². The largest absolute Gasteiger partial charge is 0.368 e. The smallest absolute Gasteiger partial charge is 0.269 e. The number of nitro groups is 1. The summed E-state index contributed by atoms with van der Waals surface area (Å²) in [6, 6.07) is 4.73. The van der Waals surface area contributed by atoms with Crippen LogP contribution < -0.4 is 22.1 Å². The van der Waals surface area contributed by atoms with Gasteiger partial charge < -0.3 is 22.1 Å². The van der Waals surface area contributed by atoms with Crippen molar-refractivity contribution in [1.29, 1.82) is 0 Å². The highest BCUT2D eigenvalue weighted by atomic mass is 16.6. The minimum absolute atomic E-state index is 0.0575. The number of carbonyl (C=O) groups is 3. The number of rotatable bonds is 8. The normalized spacial score (nSPS) is 11.3. The molecule has 124 valence electrons. The molecule has 0 bridgehead atoms. The molecule has 1 aromatic rings. The van der Waals surface area contributed by atoms with Gasteiger partial charge in [-0.3, -0.25) is 24.5 Å². The maximum absolute atomic E-state index is 11.7. The summed E-state index contributed by atoms with van der Waals surface area (Å²) < 4.78 is 0. The van der Waals surface area contributed by atoms with E-state index in [0.29, 0.717) is 5.56 Å². The molecule has 1 aromatic carbocycles. The Hall–Kier alpha value is -3.01. The van der Waals surface area contributed by atoms with E-state index in [1.54, 1.807) is 0 Å². The van der Waals surface area contributed by atoms with Crippen molar-refractivity contribution in [2.75, 3.05) is 13.1 Å². The molecule has 1 atom stereocenters. The van der Waals surface area contributed by atoms with Crippen LogP contribution in [0.2, 0.25) is 0 Å². The number of carbonyl (C=O) groups excluding carboxylic acids is 3. The monoisotopic (exact) mass is 323 g/mol. The highest BCUT2D eigenvalue weighted by Crippen LogP contribution is 2.12. The Balaban J connectivity index is 2.43. The average Bonchev–Trinajstić information content (AvgIpc) is 2.50. The molecule has 10 nitrogen and oxygen atoms in total. The van der Waals surface area contributed by atoms with Crippen LogP contribution >= 0.6 is 0 Å². The Bertz CT molecular complexity index is 601. The number of nitrogens with one attached hydrogen (secondary N) is 2. The first kappa shape index (κ1) is 18.0. The van der Waals surface area contributed by atoms with Crippen LogP contribution in [-0.2, 0) is 20.8 Å². The Morgan fingerprint density at radius 1 is 1.13 bits per heavy atom. The molecule has 0 heterocycles. The first-order valence-electron chi connectivity index (χ1n) is 6.61. The Kier molecular flexibility index (Phi) is 6.62. The minimum atomic E-state index is -0.916. The number of amides is 3. The van der Waals surface area contributed by atoms with Crippen LogP contribution in [-0.4, -0.2) is 41.8 Å². The lowest BCUT2D eigenvalue weighted by Crippen LogP contribution is -2.46. The predicted molar refractivity (Wildman–Crippen MR) is 80.0 cm³/mol. The van der Waals surface area contributed by atoms with E-state index in [4.69, 9.17) is 11.5 Å². The maximum atomic E-state index is 11.7. The first-order valence-corrected chi connectivity index (χ1v) is 6.61.